The van der Waals surface area contributed by atoms with Crippen LogP contribution < -0.4 is 5.32 Å². The van der Waals surface area contributed by atoms with Gasteiger partial charge in [-0.05, 0) is 19.3 Å². The van der Waals surface area contributed by atoms with Crippen molar-refractivity contribution in [2.24, 2.45) is 0 Å². The molecule has 4 nitrogen and oxygen atoms in total. The lowest BCUT2D eigenvalue weighted by molar-refractivity contribution is -0.156. The van der Waals surface area contributed by atoms with Gasteiger partial charge in [-0.1, -0.05) is 12.8 Å². The molecule has 1 aliphatic heterocycles. The highest BCUT2D eigenvalue weighted by Gasteiger charge is 2.50. The van der Waals surface area contributed by atoms with E-state index in [0.717, 1.165) is 12.8 Å². The summed E-state index contributed by atoms with van der Waals surface area (Å²) in [5.41, 5.74) is -0.888. The second kappa shape index (κ2) is 5.02. The smallest absolute Gasteiger partial charge is 0.345 e. The lowest BCUT2D eigenvalue weighted by atomic mass is 9.91. The van der Waals surface area contributed by atoms with Crippen LogP contribution in [-0.4, -0.2) is 41.5 Å². The summed E-state index contributed by atoms with van der Waals surface area (Å²) in [5, 5.41) is 2.55. The van der Waals surface area contributed by atoms with Crippen LogP contribution in [0.15, 0.2) is 0 Å². The molecule has 0 radical (unpaired) electrons. The molecule has 1 saturated heterocycles. The molecule has 0 aromatic heterocycles. The molecule has 2 rings (SSSR count). The minimum atomic E-state index is -4.22. The Morgan fingerprint density at radius 2 is 1.84 bits per heavy atom. The SMILES string of the molecule is O=C1CNC(=O)C2(CCCC2)N1CCCC(F)(F)F. The van der Waals surface area contributed by atoms with Crippen LogP contribution in [0.5, 0.6) is 0 Å². The number of rotatable bonds is 3. The van der Waals surface area contributed by atoms with Crippen LogP contribution in [0.2, 0.25) is 0 Å². The van der Waals surface area contributed by atoms with E-state index in [4.69, 9.17) is 0 Å². The van der Waals surface area contributed by atoms with Gasteiger partial charge in [-0.3, -0.25) is 9.59 Å². The molecule has 1 heterocycles. The maximum atomic E-state index is 12.2. The number of hydrogen-bond acceptors (Lipinski definition) is 2. The molecular weight excluding hydrogens is 261 g/mol. The van der Waals surface area contributed by atoms with Crippen molar-refractivity contribution < 1.29 is 22.8 Å². The Labute approximate surface area is 109 Å². The normalized spacial score (nSPS) is 23.0. The average molecular weight is 278 g/mol. The van der Waals surface area contributed by atoms with Crippen LogP contribution in [0.3, 0.4) is 0 Å². The average Bonchev–Trinajstić information content (AvgIpc) is 2.78. The molecule has 2 amide bonds. The van der Waals surface area contributed by atoms with Gasteiger partial charge in [-0.25, -0.2) is 0 Å². The topological polar surface area (TPSA) is 49.4 Å². The van der Waals surface area contributed by atoms with E-state index in [1.807, 2.05) is 0 Å². The van der Waals surface area contributed by atoms with Gasteiger partial charge >= 0.3 is 6.18 Å². The third-order valence-corrected chi connectivity index (χ3v) is 3.91. The number of nitrogens with one attached hydrogen (secondary N) is 1. The van der Waals surface area contributed by atoms with Gasteiger partial charge in [-0.2, -0.15) is 13.2 Å². The van der Waals surface area contributed by atoms with Crippen molar-refractivity contribution in [3.05, 3.63) is 0 Å². The number of carbonyl (C=O) groups excluding carboxylic acids is 2. The van der Waals surface area contributed by atoms with E-state index < -0.39 is 18.1 Å². The van der Waals surface area contributed by atoms with E-state index in [-0.39, 0.29) is 31.3 Å². The van der Waals surface area contributed by atoms with E-state index in [0.29, 0.717) is 12.8 Å². The predicted molar refractivity (Wildman–Crippen MR) is 61.2 cm³/mol. The highest BCUT2D eigenvalue weighted by molar-refractivity contribution is 5.98. The monoisotopic (exact) mass is 278 g/mol. The first-order chi connectivity index (χ1) is 8.85. The molecule has 0 unspecified atom stereocenters. The molecule has 7 heteroatoms. The van der Waals surface area contributed by atoms with Gasteiger partial charge in [-0.15, -0.1) is 0 Å². The zero-order valence-corrected chi connectivity index (χ0v) is 10.6. The molecule has 19 heavy (non-hydrogen) atoms. The lowest BCUT2D eigenvalue weighted by Gasteiger charge is -2.43. The Balaban J connectivity index is 2.05. The summed E-state index contributed by atoms with van der Waals surface area (Å²) in [5.74, 6) is -0.486. The van der Waals surface area contributed by atoms with Gasteiger partial charge < -0.3 is 10.2 Å². The molecule has 1 N–H and O–H groups in total. The molecule has 2 aliphatic rings. The van der Waals surface area contributed by atoms with E-state index in [1.165, 1.54) is 4.90 Å². The molecule has 1 aliphatic carbocycles. The maximum Gasteiger partial charge on any atom is 0.389 e. The molecule has 0 atom stereocenters. The van der Waals surface area contributed by atoms with E-state index in [2.05, 4.69) is 5.32 Å². The van der Waals surface area contributed by atoms with Crippen molar-refractivity contribution in [1.82, 2.24) is 10.2 Å². The Morgan fingerprint density at radius 1 is 1.21 bits per heavy atom. The van der Waals surface area contributed by atoms with Crippen LogP contribution in [0.4, 0.5) is 13.2 Å². The van der Waals surface area contributed by atoms with Gasteiger partial charge in [0.15, 0.2) is 0 Å². The van der Waals surface area contributed by atoms with Crippen LogP contribution in [-0.2, 0) is 9.59 Å². The van der Waals surface area contributed by atoms with Crippen LogP contribution in [0.25, 0.3) is 0 Å². The third-order valence-electron chi connectivity index (χ3n) is 3.91. The summed E-state index contributed by atoms with van der Waals surface area (Å²) >= 11 is 0. The number of alkyl halides is 3. The Hall–Kier alpha value is -1.27. The number of halogens is 3. The van der Waals surface area contributed by atoms with Gasteiger partial charge in [0.25, 0.3) is 0 Å². The Morgan fingerprint density at radius 3 is 2.42 bits per heavy atom. The largest absolute Gasteiger partial charge is 0.389 e. The van der Waals surface area contributed by atoms with Crippen molar-refractivity contribution in [1.29, 1.82) is 0 Å². The fourth-order valence-corrected chi connectivity index (χ4v) is 3.01. The first-order valence-corrected chi connectivity index (χ1v) is 6.51. The van der Waals surface area contributed by atoms with Crippen molar-refractivity contribution >= 4 is 11.8 Å². The molecule has 2 fully saturated rings. The lowest BCUT2D eigenvalue weighted by Crippen LogP contribution is -2.66. The molecule has 0 aromatic rings. The quantitative estimate of drug-likeness (QED) is 0.852. The van der Waals surface area contributed by atoms with E-state index in [9.17, 15) is 22.8 Å². The van der Waals surface area contributed by atoms with Crippen LogP contribution >= 0.6 is 0 Å². The number of piperazine rings is 1. The number of amides is 2. The van der Waals surface area contributed by atoms with E-state index in [1.54, 1.807) is 0 Å². The molecule has 0 aromatic carbocycles. The summed E-state index contributed by atoms with van der Waals surface area (Å²) in [7, 11) is 0. The van der Waals surface area contributed by atoms with Gasteiger partial charge in [0, 0.05) is 13.0 Å². The van der Waals surface area contributed by atoms with Crippen LogP contribution in [0, 0.1) is 0 Å². The van der Waals surface area contributed by atoms with Gasteiger partial charge in [0.2, 0.25) is 11.8 Å². The van der Waals surface area contributed by atoms with Crippen molar-refractivity contribution in [3.8, 4) is 0 Å². The zero-order valence-electron chi connectivity index (χ0n) is 10.6. The third kappa shape index (κ3) is 2.84. The van der Waals surface area contributed by atoms with Crippen LogP contribution in [0.1, 0.15) is 38.5 Å². The summed E-state index contributed by atoms with van der Waals surface area (Å²) in [6, 6.07) is 0. The number of nitrogens with zero attached hydrogens (tertiary/aromatic N) is 1. The summed E-state index contributed by atoms with van der Waals surface area (Å²) in [6.07, 6.45) is -2.52. The zero-order chi connectivity index (χ0) is 14.1. The molecular formula is C12H17F3N2O2. The summed E-state index contributed by atoms with van der Waals surface area (Å²) in [6.45, 7) is -0.0988. The van der Waals surface area contributed by atoms with E-state index >= 15 is 0 Å². The Bertz CT molecular complexity index is 376. The molecule has 1 spiro atoms. The second-order valence-electron chi connectivity index (χ2n) is 5.19. The molecule has 108 valence electrons. The minimum absolute atomic E-state index is 0.00572. The highest BCUT2D eigenvalue weighted by atomic mass is 19.4. The Kier molecular flexibility index (Phi) is 3.73. The van der Waals surface area contributed by atoms with Gasteiger partial charge in [0.05, 0.1) is 6.54 Å². The minimum Gasteiger partial charge on any atom is -0.345 e. The van der Waals surface area contributed by atoms with Gasteiger partial charge in [0.1, 0.15) is 5.54 Å². The number of carbonyl (C=O) groups is 2. The summed E-state index contributed by atoms with van der Waals surface area (Å²) < 4.78 is 36.5. The summed E-state index contributed by atoms with van der Waals surface area (Å²) in [4.78, 5) is 25.3. The molecule has 0 bridgehead atoms. The fraction of sp³-hybridized carbons (Fsp3) is 0.833. The first kappa shape index (κ1) is 14.1. The predicted octanol–water partition coefficient (Wildman–Crippen LogP) is 1.60. The van der Waals surface area contributed by atoms with Crippen molar-refractivity contribution in [3.63, 3.8) is 0 Å². The number of hydrogen-bond donors (Lipinski definition) is 1. The fourth-order valence-electron chi connectivity index (χ4n) is 3.01. The molecule has 1 saturated carbocycles. The maximum absolute atomic E-state index is 12.2. The standard InChI is InChI=1S/C12H17F3N2O2/c13-12(14,15)6-3-7-17-9(18)8-16-10(19)11(17)4-1-2-5-11/h1-8H2,(H,16,19). The second-order valence-corrected chi connectivity index (χ2v) is 5.19. The van der Waals surface area contributed by atoms with Crippen molar-refractivity contribution in [2.45, 2.75) is 50.2 Å². The van der Waals surface area contributed by atoms with Crippen molar-refractivity contribution in [2.75, 3.05) is 13.1 Å². The first-order valence-electron chi connectivity index (χ1n) is 6.51. The highest BCUT2D eigenvalue weighted by Crippen LogP contribution is 2.37.